The number of allylic oxidation sites excluding steroid dienone is 8. The van der Waals surface area contributed by atoms with Crippen molar-refractivity contribution in [2.45, 2.75) is 19.3 Å². The fraction of sp³-hybridized carbons (Fsp3) is 0.0667. The van der Waals surface area contributed by atoms with Crippen LogP contribution in [0.3, 0.4) is 0 Å². The summed E-state index contributed by atoms with van der Waals surface area (Å²) in [6.07, 6.45) is 16.9. The van der Waals surface area contributed by atoms with Gasteiger partial charge in [-0.05, 0) is 131 Å². The van der Waals surface area contributed by atoms with E-state index in [9.17, 15) is 0 Å². The molecule has 0 fully saturated rings. The van der Waals surface area contributed by atoms with Crippen LogP contribution in [-0.2, 0) is 0 Å². The number of hydrogen-bond acceptors (Lipinski definition) is 2. The molecular weight excluding hydrogens is 749 g/mol. The highest BCUT2D eigenvalue weighted by molar-refractivity contribution is 5.82. The SMILES string of the molecule is C1=CCCC(C2C=CC=C(N(c3ccccc3)c3ccc(-c4ccc(-c5ccc(-c6ccc(N(c7ccccc7)c7cccc(-c8ccccc8)c7)cc6)cc5)cc4)cc3)C2)=C1. The molecule has 1 atom stereocenters. The van der Waals surface area contributed by atoms with Gasteiger partial charge in [-0.2, -0.15) is 0 Å². The molecule has 0 aliphatic heterocycles. The molecule has 0 saturated heterocycles. The topological polar surface area (TPSA) is 6.48 Å². The lowest BCUT2D eigenvalue weighted by Crippen LogP contribution is -2.21. The van der Waals surface area contributed by atoms with Crippen LogP contribution in [-0.4, -0.2) is 0 Å². The van der Waals surface area contributed by atoms with Gasteiger partial charge in [-0.1, -0.05) is 188 Å². The van der Waals surface area contributed by atoms with Gasteiger partial charge in [0, 0.05) is 40.1 Å². The van der Waals surface area contributed by atoms with E-state index in [0.717, 1.165) is 36.3 Å². The van der Waals surface area contributed by atoms with Gasteiger partial charge in [0.25, 0.3) is 0 Å². The van der Waals surface area contributed by atoms with E-state index in [1.807, 2.05) is 0 Å². The highest BCUT2D eigenvalue weighted by atomic mass is 15.2. The standard InChI is InChI=1S/C60H48N2/c1-5-15-45(16-6-1)53-19-13-25-59(43-53)61(55-21-9-3-10-22-55)57-39-35-51(36-40-57)49-31-27-47(28-32-49)48-29-33-50(34-30-48)52-37-41-58(42-38-52)62(56-23-11-4-12-24-56)60-26-14-20-54(44-60)46-17-7-2-8-18-46/h1-7,9-17,19-43,54H,8,18,44H2. The molecule has 10 rings (SSSR count). The van der Waals surface area contributed by atoms with E-state index in [0.29, 0.717) is 5.92 Å². The van der Waals surface area contributed by atoms with Crippen LogP contribution >= 0.6 is 0 Å². The predicted octanol–water partition coefficient (Wildman–Crippen LogP) is 16.7. The van der Waals surface area contributed by atoms with E-state index in [4.69, 9.17) is 0 Å². The first-order valence-corrected chi connectivity index (χ1v) is 21.7. The zero-order valence-corrected chi connectivity index (χ0v) is 34.8. The number of benzene rings is 8. The average molecular weight is 797 g/mol. The second-order valence-electron chi connectivity index (χ2n) is 16.1. The second kappa shape index (κ2) is 17.9. The molecule has 0 amide bonds. The Labute approximate surface area is 366 Å². The normalized spacial score (nSPS) is 14.5. The molecule has 0 aromatic heterocycles. The zero-order valence-electron chi connectivity index (χ0n) is 34.8. The number of nitrogens with zero attached hydrogens (tertiary/aromatic N) is 2. The Hall–Kier alpha value is -7.68. The molecule has 0 bridgehead atoms. The van der Waals surface area contributed by atoms with Crippen molar-refractivity contribution in [2.75, 3.05) is 9.80 Å². The summed E-state index contributed by atoms with van der Waals surface area (Å²) in [6, 6.07) is 76.6. The van der Waals surface area contributed by atoms with E-state index >= 15 is 0 Å². The van der Waals surface area contributed by atoms with Crippen molar-refractivity contribution in [3.63, 3.8) is 0 Å². The lowest BCUT2D eigenvalue weighted by Gasteiger charge is -2.32. The molecule has 0 radical (unpaired) electrons. The lowest BCUT2D eigenvalue weighted by atomic mass is 9.85. The molecule has 298 valence electrons. The Morgan fingerprint density at radius 1 is 0.339 bits per heavy atom. The van der Waals surface area contributed by atoms with Gasteiger partial charge in [-0.15, -0.1) is 0 Å². The van der Waals surface area contributed by atoms with Gasteiger partial charge in [-0.3, -0.25) is 0 Å². The molecule has 1 unspecified atom stereocenters. The number of hydrogen-bond donors (Lipinski definition) is 0. The van der Waals surface area contributed by atoms with E-state index in [1.54, 1.807) is 0 Å². The largest absolute Gasteiger partial charge is 0.314 e. The van der Waals surface area contributed by atoms with Gasteiger partial charge < -0.3 is 9.80 Å². The Balaban J connectivity index is 0.847. The van der Waals surface area contributed by atoms with E-state index in [1.165, 1.54) is 67.2 Å². The maximum Gasteiger partial charge on any atom is 0.0467 e. The van der Waals surface area contributed by atoms with Crippen molar-refractivity contribution in [1.29, 1.82) is 0 Å². The second-order valence-corrected chi connectivity index (χ2v) is 16.1. The third-order valence-electron chi connectivity index (χ3n) is 12.1. The summed E-state index contributed by atoms with van der Waals surface area (Å²) in [5.41, 5.74) is 18.1. The molecule has 2 aliphatic carbocycles. The minimum absolute atomic E-state index is 0.429. The van der Waals surface area contributed by atoms with Gasteiger partial charge in [-0.25, -0.2) is 0 Å². The first kappa shape index (κ1) is 38.5. The summed E-state index contributed by atoms with van der Waals surface area (Å²) in [5, 5.41) is 0. The number of rotatable bonds is 11. The van der Waals surface area contributed by atoms with Crippen LogP contribution in [0.5, 0.6) is 0 Å². The summed E-state index contributed by atoms with van der Waals surface area (Å²) < 4.78 is 0. The van der Waals surface area contributed by atoms with Gasteiger partial charge >= 0.3 is 0 Å². The van der Waals surface area contributed by atoms with Gasteiger partial charge in [0.15, 0.2) is 0 Å². The molecule has 62 heavy (non-hydrogen) atoms. The van der Waals surface area contributed by atoms with Crippen LogP contribution in [0.2, 0.25) is 0 Å². The van der Waals surface area contributed by atoms with Crippen LogP contribution in [0.1, 0.15) is 19.3 Å². The lowest BCUT2D eigenvalue weighted by molar-refractivity contribution is 0.681. The molecule has 0 spiro atoms. The quantitative estimate of drug-likeness (QED) is 0.129. The number of anilines is 5. The van der Waals surface area contributed by atoms with E-state index in [-0.39, 0.29) is 0 Å². The average Bonchev–Trinajstić information content (AvgIpc) is 3.36. The Bertz CT molecular complexity index is 2870. The van der Waals surface area contributed by atoms with Gasteiger partial charge in [0.05, 0.1) is 0 Å². The van der Waals surface area contributed by atoms with Crippen molar-refractivity contribution in [2.24, 2.45) is 5.92 Å². The molecule has 8 aromatic carbocycles. The highest BCUT2D eigenvalue weighted by Gasteiger charge is 2.22. The summed E-state index contributed by atoms with van der Waals surface area (Å²) in [5.74, 6) is 0.429. The Morgan fingerprint density at radius 2 is 0.758 bits per heavy atom. The molecule has 2 aliphatic rings. The maximum atomic E-state index is 2.42. The molecular formula is C60H48N2. The van der Waals surface area contributed by atoms with E-state index < -0.39 is 0 Å². The maximum absolute atomic E-state index is 2.42. The minimum atomic E-state index is 0.429. The van der Waals surface area contributed by atoms with Gasteiger partial charge in [0.2, 0.25) is 0 Å². The fourth-order valence-electron chi connectivity index (χ4n) is 8.87. The van der Waals surface area contributed by atoms with Crippen LogP contribution in [0, 0.1) is 5.92 Å². The van der Waals surface area contributed by atoms with Crippen LogP contribution < -0.4 is 9.80 Å². The van der Waals surface area contributed by atoms with Crippen molar-refractivity contribution < 1.29 is 0 Å². The van der Waals surface area contributed by atoms with Crippen LogP contribution in [0.25, 0.3) is 44.5 Å². The summed E-state index contributed by atoms with van der Waals surface area (Å²) in [6.45, 7) is 0. The van der Waals surface area contributed by atoms with E-state index in [2.05, 4.69) is 259 Å². The smallest absolute Gasteiger partial charge is 0.0467 e. The van der Waals surface area contributed by atoms with Crippen molar-refractivity contribution in [3.8, 4) is 44.5 Å². The highest BCUT2D eigenvalue weighted by Crippen LogP contribution is 2.40. The molecule has 0 N–H and O–H groups in total. The first-order chi connectivity index (χ1) is 30.7. The third-order valence-corrected chi connectivity index (χ3v) is 12.1. The van der Waals surface area contributed by atoms with Gasteiger partial charge in [0.1, 0.15) is 0 Å². The predicted molar refractivity (Wildman–Crippen MR) is 263 cm³/mol. The van der Waals surface area contributed by atoms with Crippen molar-refractivity contribution in [1.82, 2.24) is 0 Å². The summed E-state index contributed by atoms with van der Waals surface area (Å²) >= 11 is 0. The molecule has 0 heterocycles. The molecule has 2 nitrogen and oxygen atoms in total. The molecule has 0 saturated carbocycles. The first-order valence-electron chi connectivity index (χ1n) is 21.7. The van der Waals surface area contributed by atoms with Crippen LogP contribution in [0.4, 0.5) is 28.4 Å². The molecule has 8 aromatic rings. The third kappa shape index (κ3) is 8.37. The zero-order chi connectivity index (χ0) is 41.5. The fourth-order valence-corrected chi connectivity index (χ4v) is 8.87. The van der Waals surface area contributed by atoms with Crippen molar-refractivity contribution >= 4 is 28.4 Å². The van der Waals surface area contributed by atoms with Crippen molar-refractivity contribution in [3.05, 3.63) is 260 Å². The minimum Gasteiger partial charge on any atom is -0.314 e. The Kier molecular flexibility index (Phi) is 11.1. The Morgan fingerprint density at radius 3 is 1.27 bits per heavy atom. The summed E-state index contributed by atoms with van der Waals surface area (Å²) in [7, 11) is 0. The molecule has 2 heteroatoms. The number of para-hydroxylation sites is 2. The summed E-state index contributed by atoms with van der Waals surface area (Å²) in [4.78, 5) is 4.75. The van der Waals surface area contributed by atoms with Crippen LogP contribution in [0.15, 0.2) is 260 Å². The monoisotopic (exact) mass is 796 g/mol.